The van der Waals surface area contributed by atoms with Crippen molar-refractivity contribution in [3.8, 4) is 17.0 Å². The van der Waals surface area contributed by atoms with E-state index in [0.717, 1.165) is 51.3 Å². The summed E-state index contributed by atoms with van der Waals surface area (Å²) in [5.74, 6) is 2.53. The molecule has 3 heterocycles. The molecule has 188 valence electrons. The molecule has 0 aliphatic heterocycles. The fraction of sp³-hybridized carbons (Fsp3) is 0.379. The molecule has 0 N–H and O–H groups in total. The Balaban J connectivity index is 1.75. The van der Waals surface area contributed by atoms with E-state index in [9.17, 15) is 0 Å². The van der Waals surface area contributed by atoms with Crippen molar-refractivity contribution in [2.24, 2.45) is 5.92 Å². The highest BCUT2D eigenvalue weighted by atomic mass is 32.2. The Kier molecular flexibility index (Phi) is 6.60. The molecule has 0 bridgehead atoms. The van der Waals surface area contributed by atoms with Crippen molar-refractivity contribution in [3.05, 3.63) is 59.3 Å². The Morgan fingerprint density at radius 1 is 1.06 bits per heavy atom. The SMILES string of the molecule is COc1cc(C)cc(C)c1-c1ccc(C)c2c(N(CC3CC3)c3ccc(N(C)C)nc3)c(SC)nn12. The van der Waals surface area contributed by atoms with Crippen LogP contribution >= 0.6 is 11.8 Å². The second kappa shape index (κ2) is 9.69. The summed E-state index contributed by atoms with van der Waals surface area (Å²) in [6.45, 7) is 7.39. The summed E-state index contributed by atoms with van der Waals surface area (Å²) in [6, 6.07) is 13.0. The molecule has 0 atom stereocenters. The minimum atomic E-state index is 0.700. The number of aromatic nitrogens is 3. The normalized spacial score (nSPS) is 13.3. The molecule has 1 saturated carbocycles. The molecule has 0 unspecified atom stereocenters. The van der Waals surface area contributed by atoms with Crippen LogP contribution in [-0.2, 0) is 0 Å². The van der Waals surface area contributed by atoms with Crippen LogP contribution in [0.5, 0.6) is 5.75 Å². The minimum Gasteiger partial charge on any atom is -0.496 e. The zero-order valence-corrected chi connectivity index (χ0v) is 23.1. The quantitative estimate of drug-likeness (QED) is 0.251. The molecular weight excluding hydrogens is 466 g/mol. The van der Waals surface area contributed by atoms with E-state index in [1.165, 1.54) is 29.5 Å². The van der Waals surface area contributed by atoms with Gasteiger partial charge in [0.25, 0.3) is 0 Å². The van der Waals surface area contributed by atoms with Crippen LogP contribution in [0.2, 0.25) is 0 Å². The fourth-order valence-corrected chi connectivity index (χ4v) is 5.51. The molecule has 1 aliphatic carbocycles. The Hall–Kier alpha value is -3.19. The largest absolute Gasteiger partial charge is 0.496 e. The summed E-state index contributed by atoms with van der Waals surface area (Å²) in [5, 5.41) is 6.20. The Morgan fingerprint density at radius 2 is 1.83 bits per heavy atom. The molecule has 3 aromatic heterocycles. The van der Waals surface area contributed by atoms with Gasteiger partial charge in [0.1, 0.15) is 22.3 Å². The van der Waals surface area contributed by atoms with E-state index in [4.69, 9.17) is 14.8 Å². The number of nitrogens with zero attached hydrogens (tertiary/aromatic N) is 5. The monoisotopic (exact) mass is 501 g/mol. The fourth-order valence-electron chi connectivity index (χ4n) is 4.95. The van der Waals surface area contributed by atoms with E-state index in [1.54, 1.807) is 18.9 Å². The van der Waals surface area contributed by atoms with Crippen LogP contribution in [0.15, 0.2) is 47.6 Å². The lowest BCUT2D eigenvalue weighted by atomic mass is 10.00. The molecule has 6 nitrogen and oxygen atoms in total. The first-order valence-electron chi connectivity index (χ1n) is 12.4. The first-order chi connectivity index (χ1) is 17.3. The number of hydrogen-bond donors (Lipinski definition) is 0. The van der Waals surface area contributed by atoms with Gasteiger partial charge in [0.05, 0.1) is 30.2 Å². The van der Waals surface area contributed by atoms with E-state index >= 15 is 0 Å². The topological polar surface area (TPSA) is 45.9 Å². The standard InChI is InChI=1S/C29H35N5OS/c1-18-14-20(3)26(24(15-18)35-6)23-12-8-19(2)27-28(29(36-7)31-34(23)27)33(17-21-9-10-21)22-11-13-25(30-16-22)32(4)5/h8,11-16,21H,9-10,17H2,1-7H3. The first-order valence-corrected chi connectivity index (χ1v) is 13.7. The van der Waals surface area contributed by atoms with Crippen molar-refractivity contribution in [1.82, 2.24) is 14.6 Å². The second-order valence-corrected chi connectivity index (χ2v) is 10.8. The summed E-state index contributed by atoms with van der Waals surface area (Å²) in [7, 11) is 5.79. The maximum absolute atomic E-state index is 5.84. The van der Waals surface area contributed by atoms with Crippen LogP contribution in [0.4, 0.5) is 17.2 Å². The van der Waals surface area contributed by atoms with Gasteiger partial charge in [0.15, 0.2) is 0 Å². The van der Waals surface area contributed by atoms with Crippen molar-refractivity contribution in [2.45, 2.75) is 38.6 Å². The average molecular weight is 502 g/mol. The van der Waals surface area contributed by atoms with Crippen molar-refractivity contribution >= 4 is 34.5 Å². The first kappa shape index (κ1) is 24.5. The van der Waals surface area contributed by atoms with Gasteiger partial charge < -0.3 is 14.5 Å². The van der Waals surface area contributed by atoms with Crippen LogP contribution in [0.25, 0.3) is 16.8 Å². The Morgan fingerprint density at radius 3 is 2.44 bits per heavy atom. The van der Waals surface area contributed by atoms with Crippen LogP contribution < -0.4 is 14.5 Å². The van der Waals surface area contributed by atoms with Gasteiger partial charge in [-0.05, 0) is 86.7 Å². The predicted octanol–water partition coefficient (Wildman–Crippen LogP) is 6.67. The Labute approximate surface area is 218 Å². The van der Waals surface area contributed by atoms with Crippen molar-refractivity contribution in [1.29, 1.82) is 0 Å². The molecule has 0 spiro atoms. The van der Waals surface area contributed by atoms with E-state index in [2.05, 4.69) is 72.8 Å². The van der Waals surface area contributed by atoms with Gasteiger partial charge in [-0.1, -0.05) is 12.1 Å². The van der Waals surface area contributed by atoms with Gasteiger partial charge in [0.2, 0.25) is 0 Å². The lowest BCUT2D eigenvalue weighted by Gasteiger charge is -2.26. The summed E-state index contributed by atoms with van der Waals surface area (Å²) >= 11 is 1.70. The van der Waals surface area contributed by atoms with E-state index < -0.39 is 0 Å². The number of fused-ring (bicyclic) bond motifs is 1. The van der Waals surface area contributed by atoms with Crippen LogP contribution in [0, 0.1) is 26.7 Å². The number of hydrogen-bond acceptors (Lipinski definition) is 6. The number of anilines is 3. The zero-order chi connectivity index (χ0) is 25.6. The van der Waals surface area contributed by atoms with Crippen molar-refractivity contribution in [2.75, 3.05) is 43.8 Å². The lowest BCUT2D eigenvalue weighted by molar-refractivity contribution is 0.415. The smallest absolute Gasteiger partial charge is 0.143 e. The number of benzene rings is 1. The van der Waals surface area contributed by atoms with Crippen molar-refractivity contribution < 1.29 is 4.74 Å². The number of aryl methyl sites for hydroxylation is 3. The molecule has 7 heteroatoms. The summed E-state index contributed by atoms with van der Waals surface area (Å²) in [4.78, 5) is 9.21. The summed E-state index contributed by atoms with van der Waals surface area (Å²) in [6.07, 6.45) is 6.66. The molecule has 1 aromatic carbocycles. The molecule has 1 fully saturated rings. The number of thioether (sulfide) groups is 1. The van der Waals surface area contributed by atoms with Gasteiger partial charge in [-0.3, -0.25) is 0 Å². The summed E-state index contributed by atoms with van der Waals surface area (Å²) in [5.41, 5.74) is 9.09. The second-order valence-electron chi connectivity index (χ2n) is 10.0. The molecule has 4 aromatic rings. The average Bonchev–Trinajstić information content (AvgIpc) is 3.60. The van der Waals surface area contributed by atoms with Gasteiger partial charge in [-0.15, -0.1) is 11.8 Å². The number of ether oxygens (including phenoxy) is 1. The van der Waals surface area contributed by atoms with E-state index in [-0.39, 0.29) is 0 Å². The molecule has 5 rings (SSSR count). The van der Waals surface area contributed by atoms with Gasteiger partial charge in [-0.2, -0.15) is 5.10 Å². The maximum atomic E-state index is 5.84. The highest BCUT2D eigenvalue weighted by Crippen LogP contribution is 2.44. The predicted molar refractivity (Wildman–Crippen MR) is 151 cm³/mol. The molecular formula is C29H35N5OS. The zero-order valence-electron chi connectivity index (χ0n) is 22.3. The highest BCUT2D eigenvalue weighted by Gasteiger charge is 2.30. The minimum absolute atomic E-state index is 0.700. The van der Waals surface area contributed by atoms with E-state index in [1.807, 2.05) is 25.2 Å². The molecule has 1 aliphatic rings. The number of pyridine rings is 2. The molecule has 0 saturated heterocycles. The third kappa shape index (κ3) is 4.41. The van der Waals surface area contributed by atoms with Gasteiger partial charge in [-0.25, -0.2) is 9.50 Å². The van der Waals surface area contributed by atoms with Gasteiger partial charge >= 0.3 is 0 Å². The third-order valence-electron chi connectivity index (χ3n) is 6.95. The summed E-state index contributed by atoms with van der Waals surface area (Å²) < 4.78 is 7.97. The maximum Gasteiger partial charge on any atom is 0.143 e. The highest BCUT2D eigenvalue weighted by molar-refractivity contribution is 7.98. The van der Waals surface area contributed by atoms with Crippen LogP contribution in [0.1, 0.15) is 29.5 Å². The Bertz CT molecular complexity index is 1410. The lowest BCUT2D eigenvalue weighted by Crippen LogP contribution is -2.21. The molecule has 0 radical (unpaired) electrons. The van der Waals surface area contributed by atoms with Crippen LogP contribution in [0.3, 0.4) is 0 Å². The van der Waals surface area contributed by atoms with Crippen LogP contribution in [-0.4, -0.2) is 48.6 Å². The number of rotatable bonds is 8. The van der Waals surface area contributed by atoms with Crippen molar-refractivity contribution in [3.63, 3.8) is 0 Å². The molecule has 0 amide bonds. The van der Waals surface area contributed by atoms with E-state index in [0.29, 0.717) is 5.92 Å². The van der Waals surface area contributed by atoms with Gasteiger partial charge in [0, 0.05) is 26.2 Å². The number of methoxy groups -OCH3 is 1. The molecule has 36 heavy (non-hydrogen) atoms. The third-order valence-corrected chi connectivity index (χ3v) is 7.61.